The van der Waals surface area contributed by atoms with E-state index in [2.05, 4.69) is 11.8 Å². The minimum absolute atomic E-state index is 0.0667. The summed E-state index contributed by atoms with van der Waals surface area (Å²) in [7, 11) is 0. The third-order valence-electron chi connectivity index (χ3n) is 4.09. The van der Waals surface area contributed by atoms with Gasteiger partial charge in [-0.05, 0) is 6.54 Å². The van der Waals surface area contributed by atoms with Gasteiger partial charge >= 0.3 is 12.0 Å². The van der Waals surface area contributed by atoms with Crippen LogP contribution < -0.4 is 0 Å². The lowest BCUT2D eigenvalue weighted by Gasteiger charge is -2.40. The lowest BCUT2D eigenvalue weighted by molar-refractivity contribution is -0.138. The van der Waals surface area contributed by atoms with Crippen molar-refractivity contribution < 1.29 is 14.7 Å². The Morgan fingerprint density at radius 1 is 0.850 bits per heavy atom. The highest BCUT2D eigenvalue weighted by molar-refractivity contribution is 5.75. The van der Waals surface area contributed by atoms with Gasteiger partial charge in [-0.2, -0.15) is 0 Å². The number of rotatable bonds is 3. The number of carbonyl (C=O) groups excluding carboxylic acids is 1. The van der Waals surface area contributed by atoms with Crippen molar-refractivity contribution in [1.82, 2.24) is 19.6 Å². The Balaban J connectivity index is 1.76. The van der Waals surface area contributed by atoms with Crippen LogP contribution in [0.2, 0.25) is 0 Å². The van der Waals surface area contributed by atoms with Crippen molar-refractivity contribution >= 4 is 12.0 Å². The van der Waals surface area contributed by atoms with E-state index in [0.29, 0.717) is 26.2 Å². The predicted molar refractivity (Wildman–Crippen MR) is 74.7 cm³/mol. The first kappa shape index (κ1) is 15.1. The minimum atomic E-state index is -0.805. The van der Waals surface area contributed by atoms with Gasteiger partial charge in [0.15, 0.2) is 0 Å². The van der Waals surface area contributed by atoms with Crippen LogP contribution in [0, 0.1) is 0 Å². The second kappa shape index (κ2) is 6.90. The maximum atomic E-state index is 12.4. The second-order valence-electron chi connectivity index (χ2n) is 5.36. The molecule has 0 unspecified atom stereocenters. The van der Waals surface area contributed by atoms with Gasteiger partial charge in [0.1, 0.15) is 0 Å². The number of carboxylic acids is 1. The highest BCUT2D eigenvalue weighted by atomic mass is 16.4. The van der Waals surface area contributed by atoms with E-state index < -0.39 is 5.97 Å². The highest BCUT2D eigenvalue weighted by Gasteiger charge is 2.27. The Morgan fingerprint density at radius 2 is 1.30 bits per heavy atom. The molecule has 2 aliphatic heterocycles. The molecule has 0 saturated carbocycles. The summed E-state index contributed by atoms with van der Waals surface area (Å²) in [4.78, 5) is 31.0. The average Bonchev–Trinajstić information content (AvgIpc) is 2.47. The quantitative estimate of drug-likeness (QED) is 0.753. The van der Waals surface area contributed by atoms with E-state index in [1.165, 1.54) is 0 Å². The fraction of sp³-hybridized carbons (Fsp3) is 0.846. The molecule has 2 amide bonds. The second-order valence-corrected chi connectivity index (χ2v) is 5.36. The lowest BCUT2D eigenvalue weighted by atomic mass is 10.3. The number of likely N-dealkylation sites (N-methyl/N-ethyl adjacent to an activating group) is 1. The summed E-state index contributed by atoms with van der Waals surface area (Å²) in [6.07, 6.45) is 0. The van der Waals surface area contributed by atoms with Gasteiger partial charge in [-0.15, -0.1) is 0 Å². The molecular formula is C13H24N4O3. The maximum absolute atomic E-state index is 12.4. The Kier molecular flexibility index (Phi) is 5.19. The first-order valence-electron chi connectivity index (χ1n) is 7.30. The largest absolute Gasteiger partial charge is 0.480 e. The third kappa shape index (κ3) is 3.83. The molecule has 20 heavy (non-hydrogen) atoms. The molecule has 114 valence electrons. The zero-order chi connectivity index (χ0) is 14.5. The van der Waals surface area contributed by atoms with Crippen LogP contribution in [0.1, 0.15) is 6.92 Å². The van der Waals surface area contributed by atoms with Crippen molar-refractivity contribution in [3.05, 3.63) is 0 Å². The normalized spacial score (nSPS) is 22.1. The molecular weight excluding hydrogens is 260 g/mol. The number of amides is 2. The molecule has 2 aliphatic rings. The Morgan fingerprint density at radius 3 is 1.70 bits per heavy atom. The number of aliphatic carboxylic acids is 1. The molecule has 0 aliphatic carbocycles. The van der Waals surface area contributed by atoms with Gasteiger partial charge in [0.2, 0.25) is 0 Å². The van der Waals surface area contributed by atoms with E-state index in [-0.39, 0.29) is 12.6 Å². The van der Waals surface area contributed by atoms with Gasteiger partial charge in [0.25, 0.3) is 0 Å². The van der Waals surface area contributed by atoms with Crippen molar-refractivity contribution in [3.8, 4) is 0 Å². The molecule has 0 atom stereocenters. The Labute approximate surface area is 119 Å². The van der Waals surface area contributed by atoms with Crippen LogP contribution in [0.3, 0.4) is 0 Å². The average molecular weight is 284 g/mol. The molecule has 0 bridgehead atoms. The van der Waals surface area contributed by atoms with Crippen LogP contribution in [0.25, 0.3) is 0 Å². The van der Waals surface area contributed by atoms with Crippen LogP contribution in [-0.2, 0) is 4.79 Å². The van der Waals surface area contributed by atoms with E-state index in [9.17, 15) is 9.59 Å². The first-order valence-corrected chi connectivity index (χ1v) is 7.30. The maximum Gasteiger partial charge on any atom is 0.320 e. The van der Waals surface area contributed by atoms with Gasteiger partial charge in [-0.1, -0.05) is 6.92 Å². The van der Waals surface area contributed by atoms with Crippen molar-refractivity contribution in [2.45, 2.75) is 6.92 Å². The summed E-state index contributed by atoms with van der Waals surface area (Å²) in [6.45, 7) is 9.26. The van der Waals surface area contributed by atoms with Crippen LogP contribution >= 0.6 is 0 Å². The van der Waals surface area contributed by atoms with E-state index in [0.717, 1.165) is 32.7 Å². The van der Waals surface area contributed by atoms with Gasteiger partial charge in [0, 0.05) is 52.4 Å². The van der Waals surface area contributed by atoms with Crippen LogP contribution in [0.15, 0.2) is 0 Å². The van der Waals surface area contributed by atoms with Gasteiger partial charge in [-0.3, -0.25) is 9.69 Å². The lowest BCUT2D eigenvalue weighted by Crippen LogP contribution is -2.57. The zero-order valence-corrected chi connectivity index (χ0v) is 12.1. The predicted octanol–water partition coefficient (Wildman–Crippen LogP) is -0.554. The topological polar surface area (TPSA) is 67.3 Å². The smallest absolute Gasteiger partial charge is 0.320 e. The van der Waals surface area contributed by atoms with Crippen molar-refractivity contribution in [2.75, 3.05) is 65.4 Å². The highest BCUT2D eigenvalue weighted by Crippen LogP contribution is 2.08. The summed E-state index contributed by atoms with van der Waals surface area (Å²) >= 11 is 0. The van der Waals surface area contributed by atoms with E-state index >= 15 is 0 Å². The first-order chi connectivity index (χ1) is 9.60. The fourth-order valence-corrected chi connectivity index (χ4v) is 2.74. The molecule has 0 aromatic carbocycles. The van der Waals surface area contributed by atoms with Crippen molar-refractivity contribution in [3.63, 3.8) is 0 Å². The minimum Gasteiger partial charge on any atom is -0.480 e. The molecule has 0 aromatic rings. The molecule has 2 saturated heterocycles. The number of piperazine rings is 2. The molecule has 1 N–H and O–H groups in total. The Bertz CT molecular complexity index is 348. The summed E-state index contributed by atoms with van der Waals surface area (Å²) in [6, 6.07) is 0.107. The van der Waals surface area contributed by atoms with Gasteiger partial charge < -0.3 is 19.8 Å². The number of carboxylic acid groups (broad SMARTS) is 1. The summed E-state index contributed by atoms with van der Waals surface area (Å²) in [5, 5.41) is 8.76. The van der Waals surface area contributed by atoms with Gasteiger partial charge in [-0.25, -0.2) is 4.79 Å². The van der Waals surface area contributed by atoms with Crippen LogP contribution in [0.5, 0.6) is 0 Å². The molecule has 7 nitrogen and oxygen atoms in total. The third-order valence-corrected chi connectivity index (χ3v) is 4.09. The molecule has 2 fully saturated rings. The van der Waals surface area contributed by atoms with Crippen molar-refractivity contribution in [1.29, 1.82) is 0 Å². The number of hydrogen-bond donors (Lipinski definition) is 1. The monoisotopic (exact) mass is 284 g/mol. The number of nitrogens with zero attached hydrogens (tertiary/aromatic N) is 4. The molecule has 0 radical (unpaired) electrons. The number of urea groups is 1. The molecule has 7 heteroatoms. The summed E-state index contributed by atoms with van der Waals surface area (Å²) in [5.74, 6) is -0.805. The van der Waals surface area contributed by atoms with Crippen molar-refractivity contribution in [2.24, 2.45) is 0 Å². The van der Waals surface area contributed by atoms with Crippen LogP contribution in [0.4, 0.5) is 4.79 Å². The number of carbonyl (C=O) groups is 2. The number of hydrogen-bond acceptors (Lipinski definition) is 4. The van der Waals surface area contributed by atoms with E-state index in [1.54, 1.807) is 0 Å². The molecule has 2 heterocycles. The zero-order valence-electron chi connectivity index (χ0n) is 12.1. The van der Waals surface area contributed by atoms with E-state index in [4.69, 9.17) is 5.11 Å². The van der Waals surface area contributed by atoms with Gasteiger partial charge in [0.05, 0.1) is 6.54 Å². The molecule has 0 spiro atoms. The molecule has 0 aromatic heterocycles. The Hall–Kier alpha value is -1.34. The summed E-state index contributed by atoms with van der Waals surface area (Å²) in [5.41, 5.74) is 0. The SMILES string of the molecule is CCN1CCN(C(=O)N2CCN(CC(=O)O)CC2)CC1. The van der Waals surface area contributed by atoms with Crippen LogP contribution in [-0.4, -0.2) is 102 Å². The fourth-order valence-electron chi connectivity index (χ4n) is 2.74. The summed E-state index contributed by atoms with van der Waals surface area (Å²) < 4.78 is 0. The standard InChI is InChI=1S/C13H24N4O3/c1-2-14-3-7-16(8-4-14)13(20)17-9-5-15(6-10-17)11-12(18)19/h2-11H2,1H3,(H,18,19). The van der Waals surface area contributed by atoms with E-state index in [1.807, 2.05) is 14.7 Å². The molecule has 2 rings (SSSR count).